The van der Waals surface area contributed by atoms with Gasteiger partial charge in [-0.15, -0.1) is 0 Å². The highest BCUT2D eigenvalue weighted by atomic mass is 79.9. The molecule has 0 amide bonds. The molecule has 0 saturated carbocycles. The molecule has 1 N–H and O–H groups in total. The van der Waals surface area contributed by atoms with Crippen molar-refractivity contribution in [1.82, 2.24) is 14.6 Å². The van der Waals surface area contributed by atoms with E-state index in [0.717, 1.165) is 4.47 Å². The first-order valence-corrected chi connectivity index (χ1v) is 3.75. The van der Waals surface area contributed by atoms with Gasteiger partial charge in [0.1, 0.15) is 0 Å². The van der Waals surface area contributed by atoms with Crippen LogP contribution in [0.5, 0.6) is 5.88 Å². The Kier molecular flexibility index (Phi) is 1.32. The summed E-state index contributed by atoms with van der Waals surface area (Å²) in [7, 11) is 0. The van der Waals surface area contributed by atoms with Crippen LogP contribution in [0.4, 0.5) is 0 Å². The van der Waals surface area contributed by atoms with Crippen molar-refractivity contribution in [1.29, 1.82) is 0 Å². The molecule has 5 heteroatoms. The lowest BCUT2D eigenvalue weighted by Gasteiger charge is -1.93. The van der Waals surface area contributed by atoms with Gasteiger partial charge in [0.15, 0.2) is 5.65 Å². The molecule has 0 unspecified atom stereocenters. The molecule has 0 aliphatic carbocycles. The lowest BCUT2D eigenvalue weighted by atomic mass is 10.6. The maximum absolute atomic E-state index is 9.22. The lowest BCUT2D eigenvalue weighted by Crippen LogP contribution is -1.88. The lowest BCUT2D eigenvalue weighted by molar-refractivity contribution is 0.435. The van der Waals surface area contributed by atoms with Gasteiger partial charge in [0.05, 0.1) is 10.7 Å². The predicted octanol–water partition coefficient (Wildman–Crippen LogP) is 1.20. The summed E-state index contributed by atoms with van der Waals surface area (Å²) in [5, 5.41) is 13.1. The van der Waals surface area contributed by atoms with Gasteiger partial charge in [-0.05, 0) is 15.9 Å². The van der Waals surface area contributed by atoms with E-state index in [1.54, 1.807) is 6.20 Å². The number of fused-ring (bicyclic) bond motifs is 1. The fraction of sp³-hybridized carbons (Fsp3) is 0. The highest BCUT2D eigenvalue weighted by Gasteiger charge is 2.03. The topological polar surface area (TPSA) is 50.4 Å². The molecule has 0 aliphatic heterocycles. The fourth-order valence-corrected chi connectivity index (χ4v) is 1.21. The fourth-order valence-electron chi connectivity index (χ4n) is 0.851. The number of hydrogen-bond acceptors (Lipinski definition) is 3. The minimum absolute atomic E-state index is 0.0840. The Bertz CT molecular complexity index is 398. The minimum Gasteiger partial charge on any atom is -0.493 e. The normalized spacial score (nSPS) is 10.6. The number of aromatic nitrogens is 3. The Morgan fingerprint density at radius 1 is 1.55 bits per heavy atom. The maximum Gasteiger partial charge on any atom is 0.215 e. The molecule has 2 rings (SSSR count). The number of hydrogen-bond donors (Lipinski definition) is 1. The molecule has 0 bridgehead atoms. The quantitative estimate of drug-likeness (QED) is 0.716. The SMILES string of the molecule is Oc1ccnc2c(Br)cnn12. The maximum atomic E-state index is 9.22. The van der Waals surface area contributed by atoms with Crippen molar-refractivity contribution in [2.45, 2.75) is 0 Å². The van der Waals surface area contributed by atoms with Gasteiger partial charge < -0.3 is 5.11 Å². The van der Waals surface area contributed by atoms with Gasteiger partial charge in [0, 0.05) is 12.3 Å². The Morgan fingerprint density at radius 3 is 3.09 bits per heavy atom. The third-order valence-electron chi connectivity index (χ3n) is 1.34. The second kappa shape index (κ2) is 2.20. The van der Waals surface area contributed by atoms with Gasteiger partial charge in [-0.1, -0.05) is 0 Å². The molecule has 0 saturated heterocycles. The molecular formula is C6H4BrN3O. The van der Waals surface area contributed by atoms with Crippen LogP contribution in [0.3, 0.4) is 0 Å². The van der Waals surface area contributed by atoms with Gasteiger partial charge in [0.25, 0.3) is 0 Å². The summed E-state index contributed by atoms with van der Waals surface area (Å²) >= 11 is 3.24. The summed E-state index contributed by atoms with van der Waals surface area (Å²) in [4.78, 5) is 4.00. The summed E-state index contributed by atoms with van der Waals surface area (Å²) in [6.07, 6.45) is 3.11. The second-order valence-electron chi connectivity index (χ2n) is 2.03. The number of halogens is 1. The first kappa shape index (κ1) is 6.60. The Morgan fingerprint density at radius 2 is 2.36 bits per heavy atom. The Balaban J connectivity index is 2.94. The van der Waals surface area contributed by atoms with E-state index in [4.69, 9.17) is 0 Å². The summed E-state index contributed by atoms with van der Waals surface area (Å²) in [6, 6.07) is 1.48. The van der Waals surface area contributed by atoms with Gasteiger partial charge >= 0.3 is 0 Å². The van der Waals surface area contributed by atoms with Crippen LogP contribution in [0.15, 0.2) is 22.9 Å². The van der Waals surface area contributed by atoms with Gasteiger partial charge in [-0.3, -0.25) is 0 Å². The highest BCUT2D eigenvalue weighted by Crippen LogP contribution is 2.18. The molecule has 2 aromatic rings. The van der Waals surface area contributed by atoms with Crippen molar-refractivity contribution in [2.75, 3.05) is 0 Å². The van der Waals surface area contributed by atoms with Crippen LogP contribution in [0.25, 0.3) is 5.65 Å². The van der Waals surface area contributed by atoms with E-state index in [2.05, 4.69) is 26.0 Å². The number of nitrogens with zero attached hydrogens (tertiary/aromatic N) is 3. The predicted molar refractivity (Wildman–Crippen MR) is 42.4 cm³/mol. The van der Waals surface area contributed by atoms with E-state index in [-0.39, 0.29) is 5.88 Å². The molecular weight excluding hydrogens is 210 g/mol. The first-order valence-electron chi connectivity index (χ1n) is 2.96. The standard InChI is InChI=1S/C6H4BrN3O/c7-4-3-9-10-5(11)1-2-8-6(4)10/h1-3,11H. The van der Waals surface area contributed by atoms with Crippen LogP contribution in [0.2, 0.25) is 0 Å². The first-order chi connectivity index (χ1) is 5.29. The third-order valence-corrected chi connectivity index (χ3v) is 1.90. The van der Waals surface area contributed by atoms with Crippen LogP contribution in [0, 0.1) is 0 Å². The van der Waals surface area contributed by atoms with Gasteiger partial charge in [0.2, 0.25) is 5.88 Å². The Labute approximate surface area is 70.6 Å². The molecule has 2 aromatic heterocycles. The van der Waals surface area contributed by atoms with Crippen molar-refractivity contribution >= 4 is 21.6 Å². The van der Waals surface area contributed by atoms with Crippen LogP contribution in [0.1, 0.15) is 0 Å². The van der Waals surface area contributed by atoms with Crippen molar-refractivity contribution in [3.05, 3.63) is 22.9 Å². The molecule has 0 aromatic carbocycles. The molecule has 11 heavy (non-hydrogen) atoms. The van der Waals surface area contributed by atoms with E-state index in [1.165, 1.54) is 16.8 Å². The van der Waals surface area contributed by atoms with Crippen LogP contribution in [-0.2, 0) is 0 Å². The zero-order valence-corrected chi connectivity index (χ0v) is 6.98. The molecule has 0 spiro atoms. The van der Waals surface area contributed by atoms with Crippen LogP contribution in [-0.4, -0.2) is 19.7 Å². The largest absolute Gasteiger partial charge is 0.493 e. The molecule has 0 radical (unpaired) electrons. The summed E-state index contributed by atoms with van der Waals surface area (Å²) in [5.74, 6) is 0.0840. The van der Waals surface area contributed by atoms with Crippen LogP contribution < -0.4 is 0 Å². The molecule has 4 nitrogen and oxygen atoms in total. The van der Waals surface area contributed by atoms with E-state index in [1.807, 2.05) is 0 Å². The molecule has 0 atom stereocenters. The van der Waals surface area contributed by atoms with E-state index in [9.17, 15) is 5.11 Å². The third kappa shape index (κ3) is 0.883. The molecule has 56 valence electrons. The average Bonchev–Trinajstić information content (AvgIpc) is 2.35. The monoisotopic (exact) mass is 213 g/mol. The zero-order valence-electron chi connectivity index (χ0n) is 5.40. The summed E-state index contributed by atoms with van der Waals surface area (Å²) in [5.41, 5.74) is 0.616. The highest BCUT2D eigenvalue weighted by molar-refractivity contribution is 9.10. The van der Waals surface area contributed by atoms with E-state index < -0.39 is 0 Å². The number of aromatic hydroxyl groups is 1. The van der Waals surface area contributed by atoms with Crippen molar-refractivity contribution < 1.29 is 5.11 Å². The van der Waals surface area contributed by atoms with Crippen molar-refractivity contribution in [2.24, 2.45) is 0 Å². The second-order valence-corrected chi connectivity index (χ2v) is 2.89. The summed E-state index contributed by atoms with van der Waals surface area (Å²) in [6.45, 7) is 0. The molecule has 0 aliphatic rings. The van der Waals surface area contributed by atoms with Gasteiger partial charge in [-0.25, -0.2) is 4.98 Å². The zero-order chi connectivity index (χ0) is 7.84. The molecule has 0 fully saturated rings. The smallest absolute Gasteiger partial charge is 0.215 e. The molecule has 2 heterocycles. The minimum atomic E-state index is 0.0840. The van der Waals surface area contributed by atoms with Crippen molar-refractivity contribution in [3.8, 4) is 5.88 Å². The van der Waals surface area contributed by atoms with E-state index >= 15 is 0 Å². The summed E-state index contributed by atoms with van der Waals surface area (Å²) < 4.78 is 2.12. The van der Waals surface area contributed by atoms with Gasteiger partial charge in [-0.2, -0.15) is 9.61 Å². The van der Waals surface area contributed by atoms with Crippen LogP contribution >= 0.6 is 15.9 Å². The van der Waals surface area contributed by atoms with E-state index in [0.29, 0.717) is 5.65 Å². The Hall–Kier alpha value is -1.10. The average molecular weight is 214 g/mol. The number of rotatable bonds is 0. The van der Waals surface area contributed by atoms with Crippen molar-refractivity contribution in [3.63, 3.8) is 0 Å².